The maximum atomic E-state index is 10.6. The van der Waals surface area contributed by atoms with E-state index in [0.29, 0.717) is 16.6 Å². The van der Waals surface area contributed by atoms with Crippen LogP contribution >= 0.6 is 12.2 Å². The van der Waals surface area contributed by atoms with Crippen LogP contribution in [0.1, 0.15) is 0 Å². The SMILES string of the molecule is O=[N+]([O-])c1cccc(NC(=S)Nc2ccccn2)c1. The fraction of sp³-hybridized carbons (Fsp3) is 0. The Balaban J connectivity index is 2.03. The monoisotopic (exact) mass is 274 g/mol. The fourth-order valence-corrected chi connectivity index (χ4v) is 1.64. The Hall–Kier alpha value is -2.54. The third kappa shape index (κ3) is 3.71. The van der Waals surface area contributed by atoms with Gasteiger partial charge in [-0.3, -0.25) is 10.1 Å². The minimum atomic E-state index is -0.458. The van der Waals surface area contributed by atoms with Crippen LogP contribution in [0.3, 0.4) is 0 Å². The third-order valence-electron chi connectivity index (χ3n) is 2.22. The van der Waals surface area contributed by atoms with Crippen molar-refractivity contribution in [2.24, 2.45) is 0 Å². The zero-order valence-electron chi connectivity index (χ0n) is 9.74. The Bertz CT molecular complexity index is 604. The molecule has 1 heterocycles. The van der Waals surface area contributed by atoms with Crippen LogP contribution in [0.15, 0.2) is 48.7 Å². The van der Waals surface area contributed by atoms with E-state index in [0.717, 1.165) is 0 Å². The number of nitrogens with one attached hydrogen (secondary N) is 2. The molecule has 2 N–H and O–H groups in total. The number of thiocarbonyl (C=S) groups is 1. The standard InChI is InChI=1S/C12H10N4O2S/c17-16(18)10-5-3-4-9(8-10)14-12(19)15-11-6-1-2-7-13-11/h1-8H,(H2,13,14,15,19). The number of rotatable bonds is 3. The molecule has 7 heteroatoms. The molecule has 1 aromatic carbocycles. The van der Waals surface area contributed by atoms with E-state index in [2.05, 4.69) is 15.6 Å². The van der Waals surface area contributed by atoms with Gasteiger partial charge in [-0.05, 0) is 30.4 Å². The van der Waals surface area contributed by atoms with Crippen molar-refractivity contribution >= 4 is 34.5 Å². The minimum Gasteiger partial charge on any atom is -0.332 e. The van der Waals surface area contributed by atoms with Gasteiger partial charge in [0.05, 0.1) is 4.92 Å². The Kier molecular flexibility index (Phi) is 3.99. The van der Waals surface area contributed by atoms with E-state index in [1.807, 2.05) is 6.07 Å². The number of hydrogen-bond acceptors (Lipinski definition) is 4. The van der Waals surface area contributed by atoms with E-state index in [9.17, 15) is 10.1 Å². The Morgan fingerprint density at radius 3 is 2.74 bits per heavy atom. The number of nitrogens with zero attached hydrogens (tertiary/aromatic N) is 2. The molecule has 0 fully saturated rings. The summed E-state index contributed by atoms with van der Waals surface area (Å²) in [4.78, 5) is 14.3. The number of hydrogen-bond donors (Lipinski definition) is 2. The molecule has 0 aliphatic heterocycles. The molecule has 0 aliphatic carbocycles. The van der Waals surface area contributed by atoms with Gasteiger partial charge in [0.1, 0.15) is 5.82 Å². The normalized spacial score (nSPS) is 9.68. The molecule has 6 nitrogen and oxygen atoms in total. The highest BCUT2D eigenvalue weighted by atomic mass is 32.1. The van der Waals surface area contributed by atoms with Crippen LogP contribution in [0.25, 0.3) is 0 Å². The quantitative estimate of drug-likeness (QED) is 0.509. The van der Waals surface area contributed by atoms with Gasteiger partial charge in [-0.15, -0.1) is 0 Å². The van der Waals surface area contributed by atoms with Crippen LogP contribution in [0.2, 0.25) is 0 Å². The molecular formula is C12H10N4O2S. The first-order chi connectivity index (χ1) is 9.15. The summed E-state index contributed by atoms with van der Waals surface area (Å²) < 4.78 is 0. The first kappa shape index (κ1) is 12.9. The molecule has 2 rings (SSSR count). The van der Waals surface area contributed by atoms with Gasteiger partial charge in [-0.2, -0.15) is 0 Å². The molecular weight excluding hydrogens is 264 g/mol. The van der Waals surface area contributed by atoms with Gasteiger partial charge in [0.25, 0.3) is 5.69 Å². The van der Waals surface area contributed by atoms with Gasteiger partial charge in [-0.25, -0.2) is 4.98 Å². The van der Waals surface area contributed by atoms with E-state index in [4.69, 9.17) is 12.2 Å². The van der Waals surface area contributed by atoms with Crippen LogP contribution < -0.4 is 10.6 Å². The summed E-state index contributed by atoms with van der Waals surface area (Å²) in [5, 5.41) is 16.7. The first-order valence-corrected chi connectivity index (χ1v) is 5.79. The van der Waals surface area contributed by atoms with Gasteiger partial charge in [-0.1, -0.05) is 12.1 Å². The summed E-state index contributed by atoms with van der Waals surface area (Å²) in [6.07, 6.45) is 1.64. The Morgan fingerprint density at radius 2 is 2.05 bits per heavy atom. The summed E-state index contributed by atoms with van der Waals surface area (Å²) in [6, 6.07) is 11.5. The van der Waals surface area contributed by atoms with Crippen molar-refractivity contribution in [1.82, 2.24) is 4.98 Å². The Labute approximate surface area is 114 Å². The molecule has 0 spiro atoms. The van der Waals surface area contributed by atoms with E-state index in [-0.39, 0.29) is 5.69 Å². The topological polar surface area (TPSA) is 80.1 Å². The maximum Gasteiger partial charge on any atom is 0.271 e. The van der Waals surface area contributed by atoms with E-state index in [1.165, 1.54) is 12.1 Å². The lowest BCUT2D eigenvalue weighted by Crippen LogP contribution is -2.19. The number of aromatic nitrogens is 1. The van der Waals surface area contributed by atoms with Crippen LogP contribution in [-0.2, 0) is 0 Å². The summed E-state index contributed by atoms with van der Waals surface area (Å²) in [5.74, 6) is 0.602. The molecule has 0 radical (unpaired) electrons. The third-order valence-corrected chi connectivity index (χ3v) is 2.43. The summed E-state index contributed by atoms with van der Waals surface area (Å²) in [5.41, 5.74) is 0.549. The van der Waals surface area contributed by atoms with Crippen molar-refractivity contribution in [2.45, 2.75) is 0 Å². The molecule has 96 valence electrons. The van der Waals surface area contributed by atoms with Crippen LogP contribution in [0, 0.1) is 10.1 Å². The van der Waals surface area contributed by atoms with E-state index in [1.54, 1.807) is 30.5 Å². The number of benzene rings is 1. The zero-order chi connectivity index (χ0) is 13.7. The van der Waals surface area contributed by atoms with Crippen molar-refractivity contribution in [2.75, 3.05) is 10.6 Å². The van der Waals surface area contributed by atoms with Gasteiger partial charge >= 0.3 is 0 Å². The molecule has 0 amide bonds. The predicted octanol–water partition coefficient (Wildman–Crippen LogP) is 2.80. The lowest BCUT2D eigenvalue weighted by atomic mass is 10.3. The summed E-state index contributed by atoms with van der Waals surface area (Å²) in [7, 11) is 0. The van der Waals surface area contributed by atoms with Gasteiger partial charge in [0.2, 0.25) is 0 Å². The smallest absolute Gasteiger partial charge is 0.271 e. The summed E-state index contributed by atoms with van der Waals surface area (Å²) >= 11 is 5.09. The lowest BCUT2D eigenvalue weighted by Gasteiger charge is -2.09. The van der Waals surface area contributed by atoms with Crippen LogP contribution in [-0.4, -0.2) is 15.0 Å². The molecule has 0 aliphatic rings. The fourth-order valence-electron chi connectivity index (χ4n) is 1.41. The van der Waals surface area contributed by atoms with E-state index < -0.39 is 4.92 Å². The van der Waals surface area contributed by atoms with Crippen molar-refractivity contribution < 1.29 is 4.92 Å². The largest absolute Gasteiger partial charge is 0.332 e. The highest BCUT2D eigenvalue weighted by Gasteiger charge is 2.06. The number of anilines is 2. The molecule has 2 aromatic rings. The number of pyridine rings is 1. The van der Waals surface area contributed by atoms with Gasteiger partial charge in [0, 0.05) is 24.0 Å². The average molecular weight is 274 g/mol. The van der Waals surface area contributed by atoms with Crippen molar-refractivity contribution in [3.05, 3.63) is 58.8 Å². The average Bonchev–Trinajstić information content (AvgIpc) is 2.40. The highest BCUT2D eigenvalue weighted by Crippen LogP contribution is 2.17. The second-order valence-electron chi connectivity index (χ2n) is 3.60. The van der Waals surface area contributed by atoms with E-state index >= 15 is 0 Å². The van der Waals surface area contributed by atoms with Crippen LogP contribution in [0.5, 0.6) is 0 Å². The number of nitro benzene ring substituents is 1. The molecule has 0 atom stereocenters. The first-order valence-electron chi connectivity index (χ1n) is 5.38. The van der Waals surface area contributed by atoms with Crippen molar-refractivity contribution in [3.8, 4) is 0 Å². The molecule has 0 saturated heterocycles. The van der Waals surface area contributed by atoms with Gasteiger partial charge in [0.15, 0.2) is 5.11 Å². The maximum absolute atomic E-state index is 10.6. The highest BCUT2D eigenvalue weighted by molar-refractivity contribution is 7.80. The molecule has 0 saturated carbocycles. The molecule has 1 aromatic heterocycles. The molecule has 0 unspecified atom stereocenters. The second-order valence-corrected chi connectivity index (χ2v) is 4.01. The summed E-state index contributed by atoms with van der Waals surface area (Å²) in [6.45, 7) is 0. The minimum absolute atomic E-state index is 0.00522. The molecule has 19 heavy (non-hydrogen) atoms. The number of non-ortho nitro benzene ring substituents is 1. The zero-order valence-corrected chi connectivity index (χ0v) is 10.6. The predicted molar refractivity (Wildman–Crippen MR) is 77.2 cm³/mol. The molecule has 0 bridgehead atoms. The van der Waals surface area contributed by atoms with Gasteiger partial charge < -0.3 is 10.6 Å². The number of nitro groups is 1. The lowest BCUT2D eigenvalue weighted by molar-refractivity contribution is -0.384. The Morgan fingerprint density at radius 1 is 1.21 bits per heavy atom. The van der Waals surface area contributed by atoms with Crippen LogP contribution in [0.4, 0.5) is 17.2 Å². The van der Waals surface area contributed by atoms with Crippen molar-refractivity contribution in [3.63, 3.8) is 0 Å². The second kappa shape index (κ2) is 5.87. The van der Waals surface area contributed by atoms with Crippen molar-refractivity contribution in [1.29, 1.82) is 0 Å².